The van der Waals surface area contributed by atoms with E-state index >= 15 is 0 Å². The summed E-state index contributed by atoms with van der Waals surface area (Å²) in [5, 5.41) is 9.07. The molecule has 1 aliphatic carbocycles. The van der Waals surface area contributed by atoms with Gasteiger partial charge in [0.15, 0.2) is 0 Å². The predicted octanol–water partition coefficient (Wildman–Crippen LogP) is 2.88. The molecule has 0 radical (unpaired) electrons. The fourth-order valence-corrected chi connectivity index (χ4v) is 2.59. The van der Waals surface area contributed by atoms with Gasteiger partial charge in [-0.05, 0) is 50.8 Å². The van der Waals surface area contributed by atoms with Crippen LogP contribution in [0, 0.1) is 5.92 Å². The number of carbonyl (C=O) groups is 1. The summed E-state index contributed by atoms with van der Waals surface area (Å²) in [5.41, 5.74) is 2.09. The van der Waals surface area contributed by atoms with Gasteiger partial charge >= 0.3 is 5.97 Å². The summed E-state index contributed by atoms with van der Waals surface area (Å²) in [6.07, 6.45) is 4.31. The summed E-state index contributed by atoms with van der Waals surface area (Å²) in [7, 11) is 0. The highest BCUT2D eigenvalue weighted by Gasteiger charge is 2.39. The van der Waals surface area contributed by atoms with Gasteiger partial charge in [-0.2, -0.15) is 0 Å². The maximum atomic E-state index is 11.0. The van der Waals surface area contributed by atoms with Crippen LogP contribution in [-0.2, 0) is 5.54 Å². The molecule has 0 unspecified atom stereocenters. The van der Waals surface area contributed by atoms with Crippen LogP contribution in [0.5, 0.6) is 0 Å². The van der Waals surface area contributed by atoms with Gasteiger partial charge in [0.25, 0.3) is 0 Å². The van der Waals surface area contributed by atoms with E-state index in [1.54, 1.807) is 18.2 Å². The summed E-state index contributed by atoms with van der Waals surface area (Å²) in [6, 6.07) is 5.10. The lowest BCUT2D eigenvalue weighted by molar-refractivity contribution is 0.0697. The Labute approximate surface area is 105 Å². The van der Waals surface area contributed by atoms with Gasteiger partial charge in [0, 0.05) is 5.54 Å². The molecule has 1 aromatic carbocycles. The second kappa shape index (κ2) is 3.57. The molecule has 0 bridgehead atoms. The normalized spacial score (nSPS) is 16.1. The largest absolute Gasteiger partial charge is 0.478 e. The van der Waals surface area contributed by atoms with Gasteiger partial charge in [0.1, 0.15) is 0 Å². The van der Waals surface area contributed by atoms with E-state index in [0.717, 1.165) is 11.0 Å². The summed E-state index contributed by atoms with van der Waals surface area (Å²) in [4.78, 5) is 15.4. The zero-order valence-corrected chi connectivity index (χ0v) is 10.6. The van der Waals surface area contributed by atoms with Crippen molar-refractivity contribution in [2.45, 2.75) is 32.2 Å². The average Bonchev–Trinajstić information content (AvgIpc) is 3.08. The molecule has 18 heavy (non-hydrogen) atoms. The van der Waals surface area contributed by atoms with Crippen molar-refractivity contribution in [2.75, 3.05) is 0 Å². The molecule has 1 N–H and O–H groups in total. The molecule has 0 atom stereocenters. The average molecular weight is 244 g/mol. The summed E-state index contributed by atoms with van der Waals surface area (Å²) in [6.45, 7) is 4.39. The second-order valence-corrected chi connectivity index (χ2v) is 5.55. The Kier molecular flexibility index (Phi) is 2.24. The van der Waals surface area contributed by atoms with Crippen molar-refractivity contribution < 1.29 is 9.90 Å². The van der Waals surface area contributed by atoms with Crippen molar-refractivity contribution in [3.63, 3.8) is 0 Å². The van der Waals surface area contributed by atoms with Gasteiger partial charge in [-0.25, -0.2) is 9.78 Å². The molecular formula is C14H16N2O2. The van der Waals surface area contributed by atoms with Gasteiger partial charge < -0.3 is 9.67 Å². The van der Waals surface area contributed by atoms with Crippen LogP contribution in [-0.4, -0.2) is 20.6 Å². The Balaban J connectivity index is 2.17. The zero-order chi connectivity index (χ0) is 12.9. The molecule has 0 amide bonds. The number of benzene rings is 1. The maximum Gasteiger partial charge on any atom is 0.335 e. The molecule has 3 rings (SSSR count). The van der Waals surface area contributed by atoms with Crippen molar-refractivity contribution in [2.24, 2.45) is 5.92 Å². The highest BCUT2D eigenvalue weighted by atomic mass is 16.4. The number of hydrogen-bond donors (Lipinski definition) is 1. The van der Waals surface area contributed by atoms with Crippen molar-refractivity contribution in [1.82, 2.24) is 9.55 Å². The summed E-state index contributed by atoms with van der Waals surface area (Å²) in [5.74, 6) is -0.225. The Morgan fingerprint density at radius 3 is 2.78 bits per heavy atom. The van der Waals surface area contributed by atoms with Gasteiger partial charge in [-0.1, -0.05) is 0 Å². The summed E-state index contributed by atoms with van der Waals surface area (Å²) < 4.78 is 2.12. The molecule has 4 heteroatoms. The van der Waals surface area contributed by atoms with Crippen LogP contribution in [0.1, 0.15) is 37.0 Å². The Bertz CT molecular complexity index is 624. The van der Waals surface area contributed by atoms with Crippen LogP contribution in [0.2, 0.25) is 0 Å². The number of carboxylic acid groups (broad SMARTS) is 1. The van der Waals surface area contributed by atoms with E-state index in [1.165, 1.54) is 12.8 Å². The van der Waals surface area contributed by atoms with E-state index in [1.807, 2.05) is 6.33 Å². The fraction of sp³-hybridized carbons (Fsp3) is 0.429. The number of aromatic carboxylic acids is 1. The van der Waals surface area contributed by atoms with Crippen LogP contribution in [0.25, 0.3) is 11.0 Å². The Hall–Kier alpha value is -1.84. The topological polar surface area (TPSA) is 55.1 Å². The molecule has 0 saturated heterocycles. The van der Waals surface area contributed by atoms with Crippen LogP contribution >= 0.6 is 0 Å². The molecule has 2 aromatic rings. The molecule has 1 aromatic heterocycles. The minimum atomic E-state index is -0.895. The Morgan fingerprint density at radius 1 is 1.44 bits per heavy atom. The van der Waals surface area contributed by atoms with Crippen molar-refractivity contribution in [1.29, 1.82) is 0 Å². The van der Waals surface area contributed by atoms with Gasteiger partial charge in [-0.15, -0.1) is 0 Å². The third-order valence-electron chi connectivity index (χ3n) is 3.99. The first-order valence-corrected chi connectivity index (χ1v) is 6.21. The third-order valence-corrected chi connectivity index (χ3v) is 3.99. The van der Waals surface area contributed by atoms with E-state index in [-0.39, 0.29) is 5.54 Å². The number of fused-ring (bicyclic) bond motifs is 1. The number of hydrogen-bond acceptors (Lipinski definition) is 2. The molecular weight excluding hydrogens is 228 g/mol. The fourth-order valence-electron chi connectivity index (χ4n) is 2.59. The molecule has 1 saturated carbocycles. The molecule has 1 aliphatic rings. The van der Waals surface area contributed by atoms with Crippen molar-refractivity contribution in [3.8, 4) is 0 Å². The van der Waals surface area contributed by atoms with Crippen LogP contribution in [0.3, 0.4) is 0 Å². The minimum Gasteiger partial charge on any atom is -0.478 e. The number of carboxylic acids is 1. The van der Waals surface area contributed by atoms with Crippen molar-refractivity contribution in [3.05, 3.63) is 30.1 Å². The number of imidazole rings is 1. The van der Waals surface area contributed by atoms with E-state index in [9.17, 15) is 4.79 Å². The van der Waals surface area contributed by atoms with E-state index in [4.69, 9.17) is 5.11 Å². The van der Waals surface area contributed by atoms with Gasteiger partial charge in [0.2, 0.25) is 0 Å². The van der Waals surface area contributed by atoms with Gasteiger partial charge in [0.05, 0.1) is 22.9 Å². The Morgan fingerprint density at radius 2 is 2.17 bits per heavy atom. The lowest BCUT2D eigenvalue weighted by atomic mass is 9.98. The predicted molar refractivity (Wildman–Crippen MR) is 68.7 cm³/mol. The molecule has 1 fully saturated rings. The van der Waals surface area contributed by atoms with Crippen LogP contribution < -0.4 is 0 Å². The standard InChI is InChI=1S/C14H16N2O2/c1-14(2,10-4-5-10)16-8-15-11-6-3-9(13(17)18)7-12(11)16/h3,6-8,10H,4-5H2,1-2H3,(H,17,18). The third kappa shape index (κ3) is 1.60. The molecule has 4 nitrogen and oxygen atoms in total. The van der Waals surface area contributed by atoms with Crippen LogP contribution in [0.15, 0.2) is 24.5 Å². The second-order valence-electron chi connectivity index (χ2n) is 5.55. The first-order chi connectivity index (χ1) is 8.50. The lowest BCUT2D eigenvalue weighted by Crippen LogP contribution is -2.27. The first kappa shape index (κ1) is 11.3. The van der Waals surface area contributed by atoms with E-state index in [0.29, 0.717) is 11.5 Å². The van der Waals surface area contributed by atoms with E-state index in [2.05, 4.69) is 23.4 Å². The van der Waals surface area contributed by atoms with Crippen molar-refractivity contribution >= 4 is 17.0 Å². The number of nitrogens with zero attached hydrogens (tertiary/aromatic N) is 2. The number of aromatic nitrogens is 2. The van der Waals surface area contributed by atoms with Crippen LogP contribution in [0.4, 0.5) is 0 Å². The van der Waals surface area contributed by atoms with E-state index < -0.39 is 5.97 Å². The maximum absolute atomic E-state index is 11.0. The number of rotatable bonds is 3. The quantitative estimate of drug-likeness (QED) is 0.903. The smallest absolute Gasteiger partial charge is 0.335 e. The van der Waals surface area contributed by atoms with Gasteiger partial charge in [-0.3, -0.25) is 0 Å². The molecule has 94 valence electrons. The SMILES string of the molecule is CC(C)(C1CC1)n1cnc2ccc(C(=O)O)cc21. The molecule has 0 spiro atoms. The molecule has 1 heterocycles. The monoisotopic (exact) mass is 244 g/mol. The molecule has 0 aliphatic heterocycles. The lowest BCUT2D eigenvalue weighted by Gasteiger charge is -2.27. The highest BCUT2D eigenvalue weighted by Crippen LogP contribution is 2.44. The highest BCUT2D eigenvalue weighted by molar-refractivity contribution is 5.92. The summed E-state index contributed by atoms with van der Waals surface area (Å²) >= 11 is 0. The minimum absolute atomic E-state index is 0.00583. The zero-order valence-electron chi connectivity index (χ0n) is 10.6. The first-order valence-electron chi connectivity index (χ1n) is 6.21.